The van der Waals surface area contributed by atoms with Gasteiger partial charge in [0.05, 0.1) is 23.4 Å². The fourth-order valence-electron chi connectivity index (χ4n) is 2.58. The molecule has 4 nitrogen and oxygen atoms in total. The van der Waals surface area contributed by atoms with Crippen LogP contribution in [0.5, 0.6) is 0 Å². The molecule has 3 N–H and O–H groups in total. The second kappa shape index (κ2) is 5.63. The van der Waals surface area contributed by atoms with Crippen molar-refractivity contribution in [1.29, 1.82) is 0 Å². The fraction of sp³-hybridized carbons (Fsp3) is 0.188. The molecule has 1 aromatic heterocycles. The van der Waals surface area contributed by atoms with Gasteiger partial charge in [-0.2, -0.15) is 0 Å². The lowest BCUT2D eigenvalue weighted by Gasteiger charge is -2.19. The summed E-state index contributed by atoms with van der Waals surface area (Å²) in [4.78, 5) is 4.36. The number of fused-ring (bicyclic) bond motifs is 1. The van der Waals surface area contributed by atoms with E-state index in [1.165, 1.54) is 12.1 Å². The van der Waals surface area contributed by atoms with Gasteiger partial charge in [0.1, 0.15) is 5.82 Å². The van der Waals surface area contributed by atoms with Crippen LogP contribution in [0.15, 0.2) is 48.8 Å². The van der Waals surface area contributed by atoms with Crippen molar-refractivity contribution in [1.82, 2.24) is 15.0 Å². The summed E-state index contributed by atoms with van der Waals surface area (Å²) in [6.45, 7) is 2.53. The Bertz CT molecular complexity index is 766. The number of hydrogen-bond acceptors (Lipinski definition) is 3. The average molecular weight is 284 g/mol. The Hall–Kier alpha value is -2.24. The first-order valence-electron chi connectivity index (χ1n) is 6.81. The number of nitrogens with one attached hydrogen (secondary N) is 1. The van der Waals surface area contributed by atoms with Crippen molar-refractivity contribution in [3.05, 3.63) is 65.7 Å². The Balaban J connectivity index is 1.96. The van der Waals surface area contributed by atoms with Crippen LogP contribution in [0.3, 0.4) is 0 Å². The highest BCUT2D eigenvalue weighted by molar-refractivity contribution is 5.74. The summed E-state index contributed by atoms with van der Waals surface area (Å²) in [5.41, 5.74) is 6.60. The monoisotopic (exact) mass is 284 g/mol. The minimum atomic E-state index is -0.258. The summed E-state index contributed by atoms with van der Waals surface area (Å²) in [6, 6.07) is 12.5. The third-order valence-electron chi connectivity index (χ3n) is 3.72. The number of aryl methyl sites for hydroxylation is 1. The molecule has 0 aliphatic heterocycles. The lowest BCUT2D eigenvalue weighted by molar-refractivity contribution is 0.476. The van der Waals surface area contributed by atoms with Crippen LogP contribution in [0.4, 0.5) is 4.39 Å². The summed E-state index contributed by atoms with van der Waals surface area (Å²) >= 11 is 0. The maximum absolute atomic E-state index is 13.5. The number of hydrogen-bond donors (Lipinski definition) is 2. The maximum Gasteiger partial charge on any atom is 0.123 e. The van der Waals surface area contributed by atoms with Gasteiger partial charge in [-0.15, -0.1) is 0 Å². The number of para-hydroxylation sites is 2. The van der Waals surface area contributed by atoms with Gasteiger partial charge in [-0.3, -0.25) is 11.3 Å². The number of rotatable bonds is 4. The van der Waals surface area contributed by atoms with Crippen LogP contribution in [-0.2, 0) is 6.54 Å². The molecule has 1 heterocycles. The molecule has 1 unspecified atom stereocenters. The summed E-state index contributed by atoms with van der Waals surface area (Å²) < 4.78 is 15.5. The molecule has 3 rings (SSSR count). The third-order valence-corrected chi connectivity index (χ3v) is 3.72. The zero-order valence-corrected chi connectivity index (χ0v) is 11.8. The number of imidazole rings is 1. The quantitative estimate of drug-likeness (QED) is 0.572. The highest BCUT2D eigenvalue weighted by atomic mass is 19.1. The van der Waals surface area contributed by atoms with Crippen molar-refractivity contribution in [3.8, 4) is 0 Å². The second-order valence-corrected chi connectivity index (χ2v) is 5.11. The summed E-state index contributed by atoms with van der Waals surface area (Å²) in [7, 11) is 0. The molecule has 0 amide bonds. The van der Waals surface area contributed by atoms with Gasteiger partial charge >= 0.3 is 0 Å². The van der Waals surface area contributed by atoms with Crippen LogP contribution < -0.4 is 11.3 Å². The topological polar surface area (TPSA) is 55.9 Å². The molecule has 21 heavy (non-hydrogen) atoms. The molecule has 0 aliphatic rings. The van der Waals surface area contributed by atoms with Gasteiger partial charge in [0.2, 0.25) is 0 Å². The highest BCUT2D eigenvalue weighted by Gasteiger charge is 2.15. The van der Waals surface area contributed by atoms with E-state index in [-0.39, 0.29) is 11.9 Å². The SMILES string of the molecule is Cc1ccc(F)cc1C(Cn1cnc2ccccc21)NN. The van der Waals surface area contributed by atoms with Crippen LogP contribution in [0.1, 0.15) is 17.2 Å². The molecule has 0 saturated heterocycles. The number of nitrogens with two attached hydrogens (primary N) is 1. The molecule has 5 heteroatoms. The van der Waals surface area contributed by atoms with Crippen molar-refractivity contribution < 1.29 is 4.39 Å². The molecule has 0 bridgehead atoms. The predicted molar refractivity (Wildman–Crippen MR) is 80.9 cm³/mol. The van der Waals surface area contributed by atoms with Gasteiger partial charge in [-0.05, 0) is 42.3 Å². The molecule has 0 spiro atoms. The third kappa shape index (κ3) is 2.66. The second-order valence-electron chi connectivity index (χ2n) is 5.11. The molecule has 108 valence electrons. The Morgan fingerprint density at radius 1 is 1.29 bits per heavy atom. The van der Waals surface area contributed by atoms with Crippen molar-refractivity contribution >= 4 is 11.0 Å². The number of benzene rings is 2. The van der Waals surface area contributed by atoms with Crippen LogP contribution in [0.25, 0.3) is 11.0 Å². The van der Waals surface area contributed by atoms with E-state index in [0.29, 0.717) is 6.54 Å². The zero-order valence-electron chi connectivity index (χ0n) is 11.8. The largest absolute Gasteiger partial charge is 0.329 e. The van der Waals surface area contributed by atoms with Crippen LogP contribution in [-0.4, -0.2) is 9.55 Å². The van der Waals surface area contributed by atoms with Gasteiger partial charge in [0, 0.05) is 6.54 Å². The molecule has 0 aliphatic carbocycles. The van der Waals surface area contributed by atoms with E-state index >= 15 is 0 Å². The van der Waals surface area contributed by atoms with E-state index in [1.54, 1.807) is 12.4 Å². The Morgan fingerprint density at radius 3 is 2.90 bits per heavy atom. The molecule has 0 fully saturated rings. The molecule has 2 aromatic carbocycles. The van der Waals surface area contributed by atoms with Crippen molar-refractivity contribution in [2.45, 2.75) is 19.5 Å². The number of nitrogens with zero attached hydrogens (tertiary/aromatic N) is 2. The zero-order chi connectivity index (χ0) is 14.8. The molecular weight excluding hydrogens is 267 g/mol. The Labute approximate surface area is 122 Å². The molecular formula is C16H17FN4. The first kappa shape index (κ1) is 13.7. The first-order valence-corrected chi connectivity index (χ1v) is 6.81. The highest BCUT2D eigenvalue weighted by Crippen LogP contribution is 2.22. The van der Waals surface area contributed by atoms with Gasteiger partial charge in [-0.25, -0.2) is 9.37 Å². The predicted octanol–water partition coefficient (Wildman–Crippen LogP) is 2.69. The van der Waals surface area contributed by atoms with Gasteiger partial charge in [0.15, 0.2) is 0 Å². The van der Waals surface area contributed by atoms with Gasteiger partial charge in [-0.1, -0.05) is 18.2 Å². The van der Waals surface area contributed by atoms with E-state index in [4.69, 9.17) is 5.84 Å². The molecule has 0 radical (unpaired) electrons. The van der Waals surface area contributed by atoms with Crippen molar-refractivity contribution in [2.24, 2.45) is 5.84 Å². The minimum Gasteiger partial charge on any atom is -0.329 e. The minimum absolute atomic E-state index is 0.182. The Morgan fingerprint density at radius 2 is 2.10 bits per heavy atom. The lowest BCUT2D eigenvalue weighted by atomic mass is 10.0. The van der Waals surface area contributed by atoms with E-state index in [1.807, 2.05) is 35.8 Å². The standard InChI is InChI=1S/C16H17FN4/c1-11-6-7-12(17)8-13(11)15(20-18)9-21-10-19-14-4-2-3-5-16(14)21/h2-8,10,15,20H,9,18H2,1H3. The smallest absolute Gasteiger partial charge is 0.123 e. The molecule has 1 atom stereocenters. The summed E-state index contributed by atoms with van der Waals surface area (Å²) in [5.74, 6) is 5.42. The summed E-state index contributed by atoms with van der Waals surface area (Å²) in [5, 5.41) is 0. The average Bonchev–Trinajstić information content (AvgIpc) is 2.91. The number of hydrazine groups is 1. The van der Waals surface area contributed by atoms with Crippen molar-refractivity contribution in [2.75, 3.05) is 0 Å². The number of aromatic nitrogens is 2. The van der Waals surface area contributed by atoms with E-state index < -0.39 is 0 Å². The van der Waals surface area contributed by atoms with Crippen LogP contribution in [0.2, 0.25) is 0 Å². The van der Waals surface area contributed by atoms with Gasteiger partial charge < -0.3 is 4.57 Å². The summed E-state index contributed by atoms with van der Waals surface area (Å²) in [6.07, 6.45) is 1.78. The fourth-order valence-corrected chi connectivity index (χ4v) is 2.58. The molecule has 3 aromatic rings. The molecule has 0 saturated carbocycles. The van der Waals surface area contributed by atoms with Crippen molar-refractivity contribution in [3.63, 3.8) is 0 Å². The van der Waals surface area contributed by atoms with E-state index in [0.717, 1.165) is 22.2 Å². The van der Waals surface area contributed by atoms with Gasteiger partial charge in [0.25, 0.3) is 0 Å². The number of halogens is 1. The normalized spacial score (nSPS) is 12.7. The lowest BCUT2D eigenvalue weighted by Crippen LogP contribution is -2.31. The van der Waals surface area contributed by atoms with E-state index in [9.17, 15) is 4.39 Å². The van der Waals surface area contributed by atoms with E-state index in [2.05, 4.69) is 10.4 Å². The van der Waals surface area contributed by atoms with Crippen LogP contribution >= 0.6 is 0 Å². The maximum atomic E-state index is 13.5. The first-order chi connectivity index (χ1) is 10.2. The van der Waals surface area contributed by atoms with Crippen LogP contribution in [0, 0.1) is 12.7 Å². The Kier molecular flexibility index (Phi) is 3.68.